The predicted octanol–water partition coefficient (Wildman–Crippen LogP) is 2.44. The van der Waals surface area contributed by atoms with Gasteiger partial charge in [0.15, 0.2) is 0 Å². The van der Waals surface area contributed by atoms with E-state index in [-0.39, 0.29) is 6.10 Å². The predicted molar refractivity (Wildman–Crippen MR) is 106 cm³/mol. The molecule has 2 N–H and O–H groups in total. The Bertz CT molecular complexity index is 796. The third kappa shape index (κ3) is 3.95. The summed E-state index contributed by atoms with van der Waals surface area (Å²) in [5.74, 6) is 0.987. The van der Waals surface area contributed by atoms with Crippen LogP contribution in [0.4, 0.5) is 11.5 Å². The van der Waals surface area contributed by atoms with Gasteiger partial charge in [-0.2, -0.15) is 5.26 Å². The van der Waals surface area contributed by atoms with Gasteiger partial charge in [0.2, 0.25) is 0 Å². The summed E-state index contributed by atoms with van der Waals surface area (Å²) >= 11 is 0. The van der Waals surface area contributed by atoms with Crippen LogP contribution in [0.15, 0.2) is 36.4 Å². The first-order chi connectivity index (χ1) is 13.2. The number of hydrogen-bond donors (Lipinski definition) is 1. The zero-order chi connectivity index (χ0) is 18.6. The minimum atomic E-state index is 0.182. The number of hydrogen-bond acceptors (Lipinski definition) is 5. The largest absolute Gasteiger partial charge is 0.396 e. The molecule has 27 heavy (non-hydrogen) atoms. The summed E-state index contributed by atoms with van der Waals surface area (Å²) < 4.78 is 7.86. The lowest BCUT2D eigenvalue weighted by atomic mass is 10.2. The summed E-state index contributed by atoms with van der Waals surface area (Å²) in [5, 5.41) is 9.54. The van der Waals surface area contributed by atoms with Gasteiger partial charge in [0.25, 0.3) is 0 Å². The van der Waals surface area contributed by atoms with Crippen LogP contribution in [0, 0.1) is 11.3 Å². The van der Waals surface area contributed by atoms with E-state index in [0.717, 1.165) is 58.0 Å². The van der Waals surface area contributed by atoms with E-state index in [1.165, 1.54) is 5.56 Å². The van der Waals surface area contributed by atoms with Crippen molar-refractivity contribution in [3.63, 3.8) is 0 Å². The number of nitriles is 1. The van der Waals surface area contributed by atoms with Crippen molar-refractivity contribution in [1.29, 1.82) is 5.26 Å². The van der Waals surface area contributed by atoms with Crippen molar-refractivity contribution >= 4 is 11.5 Å². The molecule has 0 radical (unpaired) electrons. The van der Waals surface area contributed by atoms with Crippen LogP contribution in [0.1, 0.15) is 24.1 Å². The fraction of sp³-hybridized carbons (Fsp3) is 0.476. The normalized spacial score (nSPS) is 20.7. The highest BCUT2D eigenvalue weighted by Crippen LogP contribution is 2.30. The van der Waals surface area contributed by atoms with Gasteiger partial charge in [-0.15, -0.1) is 0 Å². The lowest BCUT2D eigenvalue weighted by molar-refractivity contribution is 0.0970. The van der Waals surface area contributed by atoms with Gasteiger partial charge in [0.1, 0.15) is 17.6 Å². The van der Waals surface area contributed by atoms with E-state index in [9.17, 15) is 5.26 Å². The zero-order valence-corrected chi connectivity index (χ0v) is 15.7. The second-order valence-corrected chi connectivity index (χ2v) is 7.41. The molecule has 0 aliphatic carbocycles. The molecule has 2 fully saturated rings. The van der Waals surface area contributed by atoms with Gasteiger partial charge >= 0.3 is 0 Å². The first-order valence-electron chi connectivity index (χ1n) is 9.76. The molecule has 6 nitrogen and oxygen atoms in total. The van der Waals surface area contributed by atoms with Crippen LogP contribution in [0.2, 0.25) is 0 Å². The van der Waals surface area contributed by atoms with Gasteiger partial charge in [0, 0.05) is 39.3 Å². The highest BCUT2D eigenvalue weighted by Gasteiger charge is 2.26. The van der Waals surface area contributed by atoms with Gasteiger partial charge in [-0.25, -0.2) is 0 Å². The SMILES string of the molecule is N#Cc1cc(N)c(N2CCN(Cc3ccccc3)CC2)n1C[C@@H]1CCCO1. The van der Waals surface area contributed by atoms with Crippen LogP contribution in [-0.2, 0) is 17.8 Å². The second-order valence-electron chi connectivity index (χ2n) is 7.41. The molecule has 0 saturated carbocycles. The molecule has 1 atom stereocenters. The average molecular weight is 365 g/mol. The molecule has 3 heterocycles. The number of nitrogen functional groups attached to an aromatic ring is 1. The number of nitrogens with zero attached hydrogens (tertiary/aromatic N) is 4. The maximum Gasteiger partial charge on any atom is 0.133 e. The van der Waals surface area contributed by atoms with E-state index in [0.29, 0.717) is 17.9 Å². The number of aromatic nitrogens is 1. The minimum Gasteiger partial charge on any atom is -0.396 e. The van der Waals surface area contributed by atoms with Crippen molar-refractivity contribution in [2.24, 2.45) is 0 Å². The molecule has 0 amide bonds. The number of piperazine rings is 1. The summed E-state index contributed by atoms with van der Waals surface area (Å²) in [5.41, 5.74) is 8.98. The molecular formula is C21H27N5O. The number of benzene rings is 1. The summed E-state index contributed by atoms with van der Waals surface area (Å²) in [4.78, 5) is 4.80. The van der Waals surface area contributed by atoms with Crippen LogP contribution in [0.25, 0.3) is 0 Å². The van der Waals surface area contributed by atoms with E-state index in [1.54, 1.807) is 6.07 Å². The topological polar surface area (TPSA) is 70.5 Å². The Balaban J connectivity index is 1.46. The van der Waals surface area contributed by atoms with Crippen LogP contribution in [-0.4, -0.2) is 48.4 Å². The van der Waals surface area contributed by atoms with E-state index < -0.39 is 0 Å². The maximum absolute atomic E-state index is 9.54. The lowest BCUT2D eigenvalue weighted by Crippen LogP contribution is -2.47. The van der Waals surface area contributed by atoms with E-state index in [1.807, 2.05) is 0 Å². The van der Waals surface area contributed by atoms with E-state index >= 15 is 0 Å². The molecule has 142 valence electrons. The molecule has 2 aromatic rings. The van der Waals surface area contributed by atoms with Gasteiger partial charge in [0.05, 0.1) is 18.3 Å². The fourth-order valence-corrected chi connectivity index (χ4v) is 4.14. The molecule has 0 bridgehead atoms. The molecule has 0 unspecified atom stereocenters. The fourth-order valence-electron chi connectivity index (χ4n) is 4.14. The summed E-state index contributed by atoms with van der Waals surface area (Å²) in [6.45, 7) is 6.30. The van der Waals surface area contributed by atoms with Gasteiger partial charge in [-0.3, -0.25) is 4.90 Å². The minimum absolute atomic E-state index is 0.182. The number of nitrogens with two attached hydrogens (primary N) is 1. The van der Waals surface area contributed by atoms with Crippen molar-refractivity contribution in [2.75, 3.05) is 43.4 Å². The Morgan fingerprint density at radius 3 is 2.59 bits per heavy atom. The van der Waals surface area contributed by atoms with Crippen molar-refractivity contribution in [3.05, 3.63) is 47.7 Å². The molecule has 2 aliphatic heterocycles. The zero-order valence-electron chi connectivity index (χ0n) is 15.7. The Labute approximate surface area is 160 Å². The molecule has 6 heteroatoms. The molecule has 4 rings (SSSR count). The van der Waals surface area contributed by atoms with Gasteiger partial charge < -0.3 is 19.9 Å². The monoisotopic (exact) mass is 365 g/mol. The first kappa shape index (κ1) is 17.9. The third-order valence-corrected chi connectivity index (χ3v) is 5.54. The number of rotatable bonds is 5. The lowest BCUT2D eigenvalue weighted by Gasteiger charge is -2.37. The van der Waals surface area contributed by atoms with Gasteiger partial charge in [-0.1, -0.05) is 30.3 Å². The summed E-state index contributed by atoms with van der Waals surface area (Å²) in [6, 6.07) is 14.7. The third-order valence-electron chi connectivity index (χ3n) is 5.54. The molecule has 2 saturated heterocycles. The quantitative estimate of drug-likeness (QED) is 0.881. The second kappa shape index (κ2) is 8.03. The average Bonchev–Trinajstić information content (AvgIpc) is 3.31. The molecule has 2 aliphatic rings. The van der Waals surface area contributed by atoms with Crippen molar-refractivity contribution in [1.82, 2.24) is 9.47 Å². The highest BCUT2D eigenvalue weighted by molar-refractivity contribution is 5.68. The van der Waals surface area contributed by atoms with Gasteiger partial charge in [-0.05, 0) is 24.5 Å². The Hall–Kier alpha value is -2.49. The molecular weight excluding hydrogens is 338 g/mol. The molecule has 1 aromatic carbocycles. The smallest absolute Gasteiger partial charge is 0.133 e. The Morgan fingerprint density at radius 1 is 1.15 bits per heavy atom. The number of anilines is 2. The summed E-state index contributed by atoms with van der Waals surface area (Å²) in [6.07, 6.45) is 2.33. The van der Waals surface area contributed by atoms with Crippen LogP contribution >= 0.6 is 0 Å². The molecule has 1 aromatic heterocycles. The Kier molecular flexibility index (Phi) is 5.33. The van der Waals surface area contributed by atoms with Crippen molar-refractivity contribution in [3.8, 4) is 6.07 Å². The standard InChI is InChI=1S/C21H27N5O/c22-14-18-13-20(23)21(26(18)16-19-7-4-12-27-19)25-10-8-24(9-11-25)15-17-5-2-1-3-6-17/h1-3,5-6,13,19H,4,7-12,15-16,23H2/t19-/m0/s1. The summed E-state index contributed by atoms with van der Waals surface area (Å²) in [7, 11) is 0. The van der Waals surface area contributed by atoms with E-state index in [4.69, 9.17) is 10.5 Å². The molecule has 0 spiro atoms. The highest BCUT2D eigenvalue weighted by atomic mass is 16.5. The van der Waals surface area contributed by atoms with Crippen LogP contribution in [0.5, 0.6) is 0 Å². The van der Waals surface area contributed by atoms with E-state index in [2.05, 4.69) is 50.8 Å². The first-order valence-corrected chi connectivity index (χ1v) is 9.76. The van der Waals surface area contributed by atoms with Crippen molar-refractivity contribution in [2.45, 2.75) is 32.0 Å². The Morgan fingerprint density at radius 2 is 1.93 bits per heavy atom. The maximum atomic E-state index is 9.54. The van der Waals surface area contributed by atoms with Crippen LogP contribution < -0.4 is 10.6 Å². The van der Waals surface area contributed by atoms with Crippen LogP contribution in [0.3, 0.4) is 0 Å². The number of ether oxygens (including phenoxy) is 1. The van der Waals surface area contributed by atoms with Crippen molar-refractivity contribution < 1.29 is 4.74 Å².